The van der Waals surface area contributed by atoms with Crippen LogP contribution in [0, 0.1) is 12.8 Å². The molecule has 0 unspecified atom stereocenters. The molecule has 1 amide bonds. The number of oxazole rings is 1. The maximum atomic E-state index is 12.6. The van der Waals surface area contributed by atoms with Gasteiger partial charge >= 0.3 is 18.0 Å². The van der Waals surface area contributed by atoms with Gasteiger partial charge in [0.25, 0.3) is 0 Å². The van der Waals surface area contributed by atoms with E-state index in [1.54, 1.807) is 23.1 Å². The van der Waals surface area contributed by atoms with Crippen molar-refractivity contribution in [3.63, 3.8) is 0 Å². The molecule has 330 valence electrons. The smallest absolute Gasteiger partial charge is 0.410 e. The van der Waals surface area contributed by atoms with Crippen molar-refractivity contribution in [3.8, 4) is 23.0 Å². The van der Waals surface area contributed by atoms with Crippen LogP contribution in [0.2, 0.25) is 0 Å². The second-order valence-corrected chi connectivity index (χ2v) is 16.0. The summed E-state index contributed by atoms with van der Waals surface area (Å²) in [4.78, 5) is 45.1. The van der Waals surface area contributed by atoms with Crippen molar-refractivity contribution in [3.05, 3.63) is 148 Å². The number of carbonyl (C=O) groups is 3. The summed E-state index contributed by atoms with van der Waals surface area (Å²) in [5.41, 5.74) is 8.03. The summed E-state index contributed by atoms with van der Waals surface area (Å²) in [5, 5.41) is 19.3. The molecule has 12 nitrogen and oxygen atoms in total. The SMILES string of the molecule is CCOC(=O)C1=C(c2cccc(O)c2)CN(Cc2ccccc2)CC1.Cc1oc(-c2ccccc2)nc1CCOc1cccc(C2=C(CC(=O)O)CCN(C(=O)OCC(C)C)C2)c1. The second-order valence-electron chi connectivity index (χ2n) is 16.0. The van der Waals surface area contributed by atoms with Crippen molar-refractivity contribution >= 4 is 29.2 Å². The van der Waals surface area contributed by atoms with Crippen LogP contribution in [0.3, 0.4) is 0 Å². The zero-order chi connectivity index (χ0) is 44.7. The Hall–Kier alpha value is -6.66. The van der Waals surface area contributed by atoms with Gasteiger partial charge < -0.3 is 33.7 Å². The third kappa shape index (κ3) is 13.2. The number of hydrogen-bond donors (Lipinski definition) is 2. The highest BCUT2D eigenvalue weighted by Gasteiger charge is 2.27. The van der Waals surface area contributed by atoms with E-state index in [1.807, 2.05) is 107 Å². The monoisotopic (exact) mass is 855 g/mol. The molecule has 0 atom stereocenters. The zero-order valence-electron chi connectivity index (χ0n) is 36.5. The van der Waals surface area contributed by atoms with Crippen LogP contribution < -0.4 is 4.74 Å². The molecule has 0 saturated carbocycles. The van der Waals surface area contributed by atoms with Crippen LogP contribution in [0.15, 0.2) is 125 Å². The fourth-order valence-corrected chi connectivity index (χ4v) is 7.56. The molecule has 2 aliphatic heterocycles. The van der Waals surface area contributed by atoms with E-state index in [0.717, 1.165) is 63.5 Å². The van der Waals surface area contributed by atoms with Gasteiger partial charge in [-0.2, -0.15) is 0 Å². The Balaban J connectivity index is 0.000000228. The minimum Gasteiger partial charge on any atom is -0.508 e. The van der Waals surface area contributed by atoms with Gasteiger partial charge in [-0.05, 0) is 96.8 Å². The first-order valence-corrected chi connectivity index (χ1v) is 21.5. The standard InChI is InChI=1S/C30H34N2O6.C21H23NO3/c1-20(2)19-37-30(35)32-14-12-24(17-28(33)34)26(18-32)23-10-7-11-25(16-23)36-15-13-27-21(3)38-29(31-27)22-8-5-4-6-9-22;1-2-25-21(24)19-11-12-22(14-16-7-4-3-5-8-16)15-20(19)17-9-6-10-18(23)13-17/h4-11,16,20H,12-15,17-19H2,1-3H3,(H,33,34);3-10,13,23H,2,11-12,14-15H2,1H3. The summed E-state index contributed by atoms with van der Waals surface area (Å²) in [6, 6.07) is 34.7. The normalized spacial score (nSPS) is 14.3. The molecule has 63 heavy (non-hydrogen) atoms. The van der Waals surface area contributed by atoms with Crippen molar-refractivity contribution in [1.29, 1.82) is 0 Å². The van der Waals surface area contributed by atoms with Crippen molar-refractivity contribution in [2.75, 3.05) is 46.0 Å². The van der Waals surface area contributed by atoms with Gasteiger partial charge in [-0.25, -0.2) is 14.6 Å². The van der Waals surface area contributed by atoms with Crippen LogP contribution in [0.4, 0.5) is 4.79 Å². The van der Waals surface area contributed by atoms with Crippen molar-refractivity contribution in [2.24, 2.45) is 5.92 Å². The molecule has 2 N–H and O–H groups in total. The number of ether oxygens (including phenoxy) is 3. The average Bonchev–Trinajstić information content (AvgIpc) is 3.66. The molecule has 1 aromatic heterocycles. The average molecular weight is 856 g/mol. The molecule has 5 aromatic rings. The Morgan fingerprint density at radius 3 is 2.21 bits per heavy atom. The van der Waals surface area contributed by atoms with Crippen LogP contribution in [-0.2, 0) is 32.0 Å². The van der Waals surface area contributed by atoms with Gasteiger partial charge in [0.2, 0.25) is 5.89 Å². The fraction of sp³-hybridized carbons (Fsp3) is 0.333. The topological polar surface area (TPSA) is 152 Å². The predicted molar refractivity (Wildman–Crippen MR) is 242 cm³/mol. The van der Waals surface area contributed by atoms with Crippen molar-refractivity contribution < 1.29 is 43.2 Å². The minimum absolute atomic E-state index is 0.0650. The summed E-state index contributed by atoms with van der Waals surface area (Å²) >= 11 is 0. The number of aromatic nitrogens is 1. The number of phenolic OH excluding ortho intramolecular Hbond substituents is 1. The van der Waals surface area contributed by atoms with E-state index in [0.29, 0.717) is 70.4 Å². The first kappa shape index (κ1) is 45.9. The lowest BCUT2D eigenvalue weighted by atomic mass is 9.92. The van der Waals surface area contributed by atoms with Crippen molar-refractivity contribution in [1.82, 2.24) is 14.8 Å². The summed E-state index contributed by atoms with van der Waals surface area (Å²) in [6.45, 7) is 11.8. The molecule has 3 heterocycles. The number of carboxylic acid groups (broad SMARTS) is 1. The molecule has 2 aliphatic rings. The Morgan fingerprint density at radius 2 is 1.51 bits per heavy atom. The quantitative estimate of drug-likeness (QED) is 0.0969. The molecule has 0 bridgehead atoms. The number of aromatic hydroxyl groups is 1. The number of rotatable bonds is 15. The number of hydrogen-bond acceptors (Lipinski definition) is 10. The Kier molecular flexibility index (Phi) is 16.3. The number of carbonyl (C=O) groups excluding carboxylic acids is 2. The highest BCUT2D eigenvalue weighted by molar-refractivity contribution is 5.98. The second kappa shape index (κ2) is 22.4. The molecular formula is C51H57N3O9. The number of nitrogens with zero attached hydrogens (tertiary/aromatic N) is 3. The number of carboxylic acids is 1. The summed E-state index contributed by atoms with van der Waals surface area (Å²) < 4.78 is 22.5. The predicted octanol–water partition coefficient (Wildman–Crippen LogP) is 9.61. The van der Waals surface area contributed by atoms with Crippen LogP contribution in [-0.4, -0.2) is 89.0 Å². The highest BCUT2D eigenvalue weighted by Crippen LogP contribution is 2.32. The maximum absolute atomic E-state index is 12.6. The summed E-state index contributed by atoms with van der Waals surface area (Å²) in [6.07, 6.45) is 1.27. The Labute approximate surface area is 369 Å². The van der Waals surface area contributed by atoms with E-state index < -0.39 is 5.97 Å². The Bertz CT molecular complexity index is 2390. The number of aliphatic carboxylic acids is 1. The van der Waals surface area contributed by atoms with E-state index in [1.165, 1.54) is 5.56 Å². The number of esters is 1. The third-order valence-electron chi connectivity index (χ3n) is 10.7. The maximum Gasteiger partial charge on any atom is 0.410 e. The van der Waals surface area contributed by atoms with Gasteiger partial charge in [-0.1, -0.05) is 92.2 Å². The molecule has 0 fully saturated rings. The Morgan fingerprint density at radius 1 is 0.810 bits per heavy atom. The molecule has 0 saturated heterocycles. The fourth-order valence-electron chi connectivity index (χ4n) is 7.56. The largest absolute Gasteiger partial charge is 0.508 e. The minimum atomic E-state index is -0.890. The first-order valence-electron chi connectivity index (χ1n) is 21.5. The highest BCUT2D eigenvalue weighted by atomic mass is 16.6. The molecule has 12 heteroatoms. The summed E-state index contributed by atoms with van der Waals surface area (Å²) in [7, 11) is 0. The van der Waals surface area contributed by atoms with Crippen LogP contribution in [0.5, 0.6) is 11.5 Å². The van der Waals surface area contributed by atoms with Gasteiger partial charge in [0.05, 0.1) is 31.9 Å². The van der Waals surface area contributed by atoms with Crippen LogP contribution >= 0.6 is 0 Å². The van der Waals surface area contributed by atoms with E-state index >= 15 is 0 Å². The van der Waals surface area contributed by atoms with Crippen LogP contribution in [0.1, 0.15) is 68.2 Å². The van der Waals surface area contributed by atoms with Gasteiger partial charge in [-0.15, -0.1) is 0 Å². The molecule has 0 spiro atoms. The lowest BCUT2D eigenvalue weighted by molar-refractivity contribution is -0.139. The number of benzene rings is 4. The summed E-state index contributed by atoms with van der Waals surface area (Å²) in [5.74, 6) is 1.31. The van der Waals surface area contributed by atoms with Gasteiger partial charge in [0, 0.05) is 50.3 Å². The number of amides is 1. The lowest BCUT2D eigenvalue weighted by Crippen LogP contribution is -2.37. The molecule has 4 aromatic carbocycles. The lowest BCUT2D eigenvalue weighted by Gasteiger charge is -2.30. The first-order chi connectivity index (χ1) is 30.5. The molecule has 7 rings (SSSR count). The van der Waals surface area contributed by atoms with Gasteiger partial charge in [0.1, 0.15) is 17.3 Å². The van der Waals surface area contributed by atoms with E-state index in [9.17, 15) is 24.6 Å². The molecule has 0 aliphatic carbocycles. The molecular weight excluding hydrogens is 799 g/mol. The molecule has 0 radical (unpaired) electrons. The zero-order valence-corrected chi connectivity index (χ0v) is 36.5. The number of aryl methyl sites for hydroxylation is 1. The van der Waals surface area contributed by atoms with E-state index in [4.69, 9.17) is 18.6 Å². The number of phenols is 1. The van der Waals surface area contributed by atoms with Gasteiger partial charge in [-0.3, -0.25) is 9.69 Å². The third-order valence-corrected chi connectivity index (χ3v) is 10.7. The van der Waals surface area contributed by atoms with E-state index in [-0.39, 0.29) is 30.2 Å². The van der Waals surface area contributed by atoms with Crippen molar-refractivity contribution in [2.45, 2.75) is 59.9 Å². The van der Waals surface area contributed by atoms with E-state index in [2.05, 4.69) is 22.0 Å². The van der Waals surface area contributed by atoms with Crippen LogP contribution in [0.25, 0.3) is 22.6 Å². The van der Waals surface area contributed by atoms with Gasteiger partial charge in [0.15, 0.2) is 0 Å².